The molecule has 0 radical (unpaired) electrons. The molecule has 0 aliphatic carbocycles. The van der Waals surface area contributed by atoms with Gasteiger partial charge in [0.25, 0.3) is 0 Å². The normalized spacial score (nSPS) is 21.0. The average molecular weight is 567 g/mol. The zero-order valence-electron chi connectivity index (χ0n) is 26.2. The lowest BCUT2D eigenvalue weighted by molar-refractivity contribution is -0.276. The van der Waals surface area contributed by atoms with Crippen LogP contribution in [0.1, 0.15) is 132 Å². The topological polar surface area (TPSA) is 68.0 Å². The third kappa shape index (κ3) is 11.4. The predicted molar refractivity (Wildman–Crippen MR) is 170 cm³/mol. The van der Waals surface area contributed by atoms with Crippen molar-refractivity contribution in [2.24, 2.45) is 11.7 Å². The summed E-state index contributed by atoms with van der Waals surface area (Å²) in [7, 11) is 0. The molecule has 0 aromatic heterocycles. The minimum Gasteiger partial charge on any atom is -0.392 e. The summed E-state index contributed by atoms with van der Waals surface area (Å²) in [6, 6.07) is 16.6. The van der Waals surface area contributed by atoms with Crippen molar-refractivity contribution in [1.29, 1.82) is 0 Å². The van der Waals surface area contributed by atoms with Gasteiger partial charge in [-0.3, -0.25) is 0 Å². The molecule has 5 heteroatoms. The van der Waals surface area contributed by atoms with Crippen molar-refractivity contribution in [2.75, 3.05) is 19.6 Å². The summed E-state index contributed by atoms with van der Waals surface area (Å²) in [6.45, 7) is 10.6. The van der Waals surface area contributed by atoms with E-state index < -0.39 is 6.29 Å². The molecule has 1 saturated heterocycles. The van der Waals surface area contributed by atoms with E-state index in [1.54, 1.807) is 0 Å². The number of aliphatic hydroxyl groups is 1. The van der Waals surface area contributed by atoms with Gasteiger partial charge < -0.3 is 25.2 Å². The summed E-state index contributed by atoms with van der Waals surface area (Å²) in [5.41, 5.74) is 10.1. The van der Waals surface area contributed by atoms with Gasteiger partial charge >= 0.3 is 0 Å². The summed E-state index contributed by atoms with van der Waals surface area (Å²) in [4.78, 5) is 2.67. The highest BCUT2D eigenvalue weighted by atomic mass is 16.7. The van der Waals surface area contributed by atoms with Gasteiger partial charge in [-0.25, -0.2) is 0 Å². The first-order valence-electron chi connectivity index (χ1n) is 16.6. The molecule has 1 aliphatic heterocycles. The fourth-order valence-electron chi connectivity index (χ4n) is 5.92. The zero-order chi connectivity index (χ0) is 29.3. The molecule has 1 aliphatic rings. The molecular weight excluding hydrogens is 508 g/mol. The number of unbranched alkanes of at least 4 members (excludes halogenated alkanes) is 10. The van der Waals surface area contributed by atoms with Crippen molar-refractivity contribution < 1.29 is 14.6 Å². The summed E-state index contributed by atoms with van der Waals surface area (Å²) in [5.74, 6) is 0.200. The minimum absolute atomic E-state index is 0.0507. The van der Waals surface area contributed by atoms with Crippen molar-refractivity contribution >= 4 is 0 Å². The van der Waals surface area contributed by atoms with Crippen LogP contribution in [0.3, 0.4) is 0 Å². The molecular formula is C36H58N2O3. The third-order valence-electron chi connectivity index (χ3n) is 8.70. The number of rotatable bonds is 20. The third-order valence-corrected chi connectivity index (χ3v) is 8.70. The van der Waals surface area contributed by atoms with Gasteiger partial charge in [-0.05, 0) is 42.6 Å². The smallest absolute Gasteiger partial charge is 0.184 e. The van der Waals surface area contributed by atoms with Crippen LogP contribution in [0.25, 0.3) is 0 Å². The Balaban J connectivity index is 1.73. The number of hydrogen-bond acceptors (Lipinski definition) is 5. The Labute approximate surface area is 250 Å². The largest absolute Gasteiger partial charge is 0.392 e. The Bertz CT molecular complexity index is 917. The monoisotopic (exact) mass is 566 g/mol. The molecule has 1 fully saturated rings. The van der Waals surface area contributed by atoms with Crippen LogP contribution in [0, 0.1) is 5.92 Å². The molecule has 0 bridgehead atoms. The summed E-state index contributed by atoms with van der Waals surface area (Å²) in [5, 5.41) is 9.56. The van der Waals surface area contributed by atoms with Gasteiger partial charge in [0.05, 0.1) is 18.8 Å². The van der Waals surface area contributed by atoms with Crippen LogP contribution < -0.4 is 5.73 Å². The number of aliphatic hydroxyl groups excluding tert-OH is 1. The molecule has 2 aromatic rings. The molecule has 230 valence electrons. The molecule has 0 saturated carbocycles. The highest BCUT2D eigenvalue weighted by Gasteiger charge is 2.39. The van der Waals surface area contributed by atoms with Crippen molar-refractivity contribution in [3.05, 3.63) is 70.8 Å². The second-order valence-corrected chi connectivity index (χ2v) is 12.1. The van der Waals surface area contributed by atoms with Gasteiger partial charge in [0.1, 0.15) is 0 Å². The lowest BCUT2D eigenvalue weighted by atomic mass is 9.90. The maximum absolute atomic E-state index is 9.56. The van der Waals surface area contributed by atoms with E-state index in [1.165, 1.54) is 77.0 Å². The van der Waals surface area contributed by atoms with Crippen molar-refractivity contribution in [3.63, 3.8) is 0 Å². The molecule has 3 N–H and O–H groups in total. The summed E-state index contributed by atoms with van der Waals surface area (Å²) >= 11 is 0. The molecule has 4 unspecified atom stereocenters. The van der Waals surface area contributed by atoms with Crippen molar-refractivity contribution in [1.82, 2.24) is 4.90 Å². The summed E-state index contributed by atoms with van der Waals surface area (Å²) in [6.07, 6.45) is 15.4. The van der Waals surface area contributed by atoms with Gasteiger partial charge in [-0.15, -0.1) is 0 Å². The highest BCUT2D eigenvalue weighted by Crippen LogP contribution is 2.42. The molecule has 3 rings (SSSR count). The number of nitrogens with zero attached hydrogens (tertiary/aromatic N) is 1. The van der Waals surface area contributed by atoms with E-state index in [9.17, 15) is 5.11 Å². The van der Waals surface area contributed by atoms with Crippen LogP contribution >= 0.6 is 0 Å². The first-order chi connectivity index (χ1) is 20.1. The van der Waals surface area contributed by atoms with Crippen LogP contribution in [0.5, 0.6) is 0 Å². The Morgan fingerprint density at radius 1 is 0.683 bits per heavy atom. The molecule has 5 nitrogen and oxygen atoms in total. The van der Waals surface area contributed by atoms with E-state index in [-0.39, 0.29) is 24.7 Å². The van der Waals surface area contributed by atoms with Gasteiger partial charge in [0, 0.05) is 24.6 Å². The first-order valence-corrected chi connectivity index (χ1v) is 16.6. The number of hydrogen-bond donors (Lipinski definition) is 2. The summed E-state index contributed by atoms with van der Waals surface area (Å²) < 4.78 is 13.4. The Morgan fingerprint density at radius 2 is 1.20 bits per heavy atom. The molecule has 0 spiro atoms. The fourth-order valence-corrected chi connectivity index (χ4v) is 5.92. The quantitative estimate of drug-likeness (QED) is 0.157. The number of ether oxygens (including phenoxy) is 2. The maximum Gasteiger partial charge on any atom is 0.184 e. The molecule has 41 heavy (non-hydrogen) atoms. The zero-order valence-corrected chi connectivity index (χ0v) is 26.2. The maximum atomic E-state index is 9.56. The Hall–Kier alpha value is -1.76. The number of nitrogens with two attached hydrogens (primary N) is 1. The van der Waals surface area contributed by atoms with Crippen LogP contribution in [-0.4, -0.2) is 35.7 Å². The standard InChI is InChI=1S/C36H58N2O3/c1-4-6-8-10-12-14-24-38(25-15-13-11-9-7-5-2)27-34-29(3)35(32-20-18-31(28-39)19-21-32)41-36(40-34)33-22-16-30(26-37)17-23-33/h16-23,29,34-36,39H,4-15,24-28,37H2,1-3H3. The average Bonchev–Trinajstić information content (AvgIpc) is 3.01. The van der Waals surface area contributed by atoms with Crippen LogP contribution in [0.2, 0.25) is 0 Å². The number of benzene rings is 2. The SMILES string of the molecule is CCCCCCCCN(CCCCCCCC)CC1OC(c2ccc(CN)cc2)OC(c2ccc(CO)cc2)C1C. The molecule has 0 amide bonds. The van der Waals surface area contributed by atoms with E-state index in [2.05, 4.69) is 62.1 Å². The Kier molecular flexibility index (Phi) is 16.0. The van der Waals surface area contributed by atoms with E-state index in [1.807, 2.05) is 12.1 Å². The highest BCUT2D eigenvalue weighted by molar-refractivity contribution is 5.27. The Morgan fingerprint density at radius 3 is 1.73 bits per heavy atom. The van der Waals surface area contributed by atoms with E-state index >= 15 is 0 Å². The predicted octanol–water partition coefficient (Wildman–Crippen LogP) is 8.45. The van der Waals surface area contributed by atoms with Gasteiger partial charge in [0.2, 0.25) is 0 Å². The van der Waals surface area contributed by atoms with Gasteiger partial charge in [0.15, 0.2) is 6.29 Å². The lowest BCUT2D eigenvalue weighted by Gasteiger charge is -2.43. The van der Waals surface area contributed by atoms with Gasteiger partial charge in [-0.1, -0.05) is 134 Å². The van der Waals surface area contributed by atoms with Gasteiger partial charge in [-0.2, -0.15) is 0 Å². The van der Waals surface area contributed by atoms with E-state index in [4.69, 9.17) is 15.2 Å². The lowest BCUT2D eigenvalue weighted by Crippen LogP contribution is -2.45. The first kappa shape index (κ1) is 33.7. The van der Waals surface area contributed by atoms with Crippen LogP contribution in [0.15, 0.2) is 48.5 Å². The second kappa shape index (κ2) is 19.4. The molecule has 1 heterocycles. The van der Waals surface area contributed by atoms with E-state index in [0.29, 0.717) is 6.54 Å². The minimum atomic E-state index is -0.421. The van der Waals surface area contributed by atoms with E-state index in [0.717, 1.165) is 41.9 Å². The van der Waals surface area contributed by atoms with Crippen molar-refractivity contribution in [2.45, 2.75) is 129 Å². The molecule has 2 aromatic carbocycles. The van der Waals surface area contributed by atoms with Crippen LogP contribution in [-0.2, 0) is 22.6 Å². The van der Waals surface area contributed by atoms with Crippen molar-refractivity contribution in [3.8, 4) is 0 Å². The molecule has 4 atom stereocenters. The fraction of sp³-hybridized carbons (Fsp3) is 0.667. The second-order valence-electron chi connectivity index (χ2n) is 12.1. The van der Waals surface area contributed by atoms with Crippen LogP contribution in [0.4, 0.5) is 0 Å².